The third-order valence-electron chi connectivity index (χ3n) is 9.53. The highest BCUT2D eigenvalue weighted by atomic mass is 16.2. The van der Waals surface area contributed by atoms with Gasteiger partial charge in [0, 0.05) is 57.8 Å². The summed E-state index contributed by atoms with van der Waals surface area (Å²) < 4.78 is 2.03. The highest BCUT2D eigenvalue weighted by Crippen LogP contribution is 2.44. The SMILES string of the molecule is N#Cc1cncc(-c2cccc3c4cccc(-c5cncc(C#N)c5)c4n(-c4cccc5c4C(=O)N(c4ccc(-c6ccccc6)cc4)C5=O)c23)c1. The number of amides is 2. The number of pyridine rings is 2. The van der Waals surface area contributed by atoms with Crippen molar-refractivity contribution in [1.82, 2.24) is 14.5 Å². The number of nitrogens with zero attached hydrogens (tertiary/aromatic N) is 6. The minimum absolute atomic E-state index is 0.274. The van der Waals surface area contributed by atoms with Crippen molar-refractivity contribution in [2.45, 2.75) is 0 Å². The van der Waals surface area contributed by atoms with Crippen LogP contribution < -0.4 is 4.90 Å². The first-order chi connectivity index (χ1) is 25.6. The Balaban J connectivity index is 1.32. The van der Waals surface area contributed by atoms with Gasteiger partial charge in [0.15, 0.2) is 0 Å². The molecule has 0 unspecified atom stereocenters. The maximum atomic E-state index is 14.6. The highest BCUT2D eigenvalue weighted by molar-refractivity contribution is 6.36. The molecule has 2 amide bonds. The molecule has 1 aliphatic heterocycles. The fourth-order valence-corrected chi connectivity index (χ4v) is 7.24. The zero-order valence-electron chi connectivity index (χ0n) is 27.4. The Labute approximate surface area is 297 Å². The molecule has 0 saturated carbocycles. The van der Waals surface area contributed by atoms with Crippen LogP contribution in [0.2, 0.25) is 0 Å². The van der Waals surface area contributed by atoms with Gasteiger partial charge in [-0.3, -0.25) is 19.6 Å². The third-order valence-corrected chi connectivity index (χ3v) is 9.53. The number of benzene rings is 5. The summed E-state index contributed by atoms with van der Waals surface area (Å²) >= 11 is 0. The van der Waals surface area contributed by atoms with Crippen LogP contribution in [0.3, 0.4) is 0 Å². The lowest BCUT2D eigenvalue weighted by Gasteiger charge is -2.17. The standard InChI is InChI=1S/C44H24N6O2/c45-21-27-19-31(25-47-23-27)34-9-4-11-36-37-12-5-10-35(32-20-28(22-46)24-48-26-32)42(37)50(41(34)36)39-14-6-13-38-40(39)44(52)49(43(38)51)33-17-15-30(16-18-33)29-7-2-1-3-8-29/h1-20,23-26H. The predicted molar refractivity (Wildman–Crippen MR) is 200 cm³/mol. The van der Waals surface area contributed by atoms with Gasteiger partial charge in [-0.25, -0.2) is 4.90 Å². The van der Waals surface area contributed by atoms with Crippen LogP contribution in [0.1, 0.15) is 31.8 Å². The highest BCUT2D eigenvalue weighted by Gasteiger charge is 2.39. The molecule has 8 aromatic rings. The molecular formula is C44H24N6O2. The Morgan fingerprint density at radius 2 is 1.04 bits per heavy atom. The number of hydrogen-bond acceptors (Lipinski definition) is 6. The fourth-order valence-electron chi connectivity index (χ4n) is 7.24. The van der Waals surface area contributed by atoms with E-state index in [9.17, 15) is 20.1 Å². The molecule has 0 bridgehead atoms. The maximum Gasteiger partial charge on any atom is 0.268 e. The number of carbonyl (C=O) groups excluding carboxylic acids is 2. The van der Waals surface area contributed by atoms with Crippen molar-refractivity contribution in [3.8, 4) is 51.2 Å². The topological polar surface area (TPSA) is 116 Å². The smallest absolute Gasteiger partial charge is 0.268 e. The van der Waals surface area contributed by atoms with Gasteiger partial charge in [0.25, 0.3) is 11.8 Å². The molecule has 8 heteroatoms. The fraction of sp³-hybridized carbons (Fsp3) is 0. The molecule has 0 fully saturated rings. The van der Waals surface area contributed by atoms with Crippen molar-refractivity contribution in [2.24, 2.45) is 0 Å². The molecule has 0 aliphatic carbocycles. The van der Waals surface area contributed by atoms with Crippen LogP contribution in [0.5, 0.6) is 0 Å². The van der Waals surface area contributed by atoms with Crippen LogP contribution in [0, 0.1) is 22.7 Å². The second-order valence-corrected chi connectivity index (χ2v) is 12.4. The number of nitriles is 2. The Bertz CT molecular complexity index is 2750. The zero-order valence-corrected chi connectivity index (χ0v) is 27.4. The molecular weight excluding hydrogens is 645 g/mol. The summed E-state index contributed by atoms with van der Waals surface area (Å²) in [5.74, 6) is -0.846. The van der Waals surface area contributed by atoms with E-state index in [1.165, 1.54) is 17.3 Å². The van der Waals surface area contributed by atoms with E-state index in [-0.39, 0.29) is 5.56 Å². The second kappa shape index (κ2) is 12.0. The molecule has 52 heavy (non-hydrogen) atoms. The van der Waals surface area contributed by atoms with Crippen LogP contribution >= 0.6 is 0 Å². The number of rotatable bonds is 5. The van der Waals surface area contributed by atoms with E-state index in [1.54, 1.807) is 48.8 Å². The van der Waals surface area contributed by atoms with E-state index in [2.05, 4.69) is 22.1 Å². The third kappa shape index (κ3) is 4.68. The average Bonchev–Trinajstić information content (AvgIpc) is 3.69. The maximum absolute atomic E-state index is 14.6. The Morgan fingerprint density at radius 3 is 1.62 bits per heavy atom. The van der Waals surface area contributed by atoms with E-state index in [0.717, 1.165) is 55.2 Å². The minimum Gasteiger partial charge on any atom is -0.307 e. The van der Waals surface area contributed by atoms with Crippen LogP contribution in [-0.2, 0) is 0 Å². The van der Waals surface area contributed by atoms with E-state index < -0.39 is 11.8 Å². The van der Waals surface area contributed by atoms with Gasteiger partial charge in [-0.05, 0) is 47.5 Å². The minimum atomic E-state index is -0.436. The molecule has 0 saturated heterocycles. The van der Waals surface area contributed by atoms with Gasteiger partial charge in [-0.2, -0.15) is 10.5 Å². The van der Waals surface area contributed by atoms with E-state index >= 15 is 0 Å². The van der Waals surface area contributed by atoms with Gasteiger partial charge in [-0.15, -0.1) is 0 Å². The second-order valence-electron chi connectivity index (χ2n) is 12.4. The van der Waals surface area contributed by atoms with Crippen LogP contribution in [0.15, 0.2) is 146 Å². The molecule has 3 aromatic heterocycles. The molecule has 242 valence electrons. The number of fused-ring (bicyclic) bond motifs is 4. The molecule has 0 radical (unpaired) electrons. The first-order valence-corrected chi connectivity index (χ1v) is 16.5. The molecule has 1 aliphatic rings. The summed E-state index contributed by atoms with van der Waals surface area (Å²) in [5, 5.41) is 21.2. The molecule has 5 aromatic carbocycles. The van der Waals surface area contributed by atoms with Crippen molar-refractivity contribution in [3.05, 3.63) is 168 Å². The van der Waals surface area contributed by atoms with Crippen molar-refractivity contribution in [2.75, 3.05) is 4.90 Å². The zero-order chi connectivity index (χ0) is 35.3. The van der Waals surface area contributed by atoms with E-state index in [0.29, 0.717) is 28.1 Å². The number of carbonyl (C=O) groups is 2. The van der Waals surface area contributed by atoms with Gasteiger partial charge in [0.2, 0.25) is 0 Å². The summed E-state index contributed by atoms with van der Waals surface area (Å²) in [7, 11) is 0. The summed E-state index contributed by atoms with van der Waals surface area (Å²) in [6, 6.07) is 42.5. The molecule has 4 heterocycles. The summed E-state index contributed by atoms with van der Waals surface area (Å²) in [6.45, 7) is 0. The average molecular weight is 669 g/mol. The van der Waals surface area contributed by atoms with Gasteiger partial charge in [0.05, 0.1) is 44.7 Å². The summed E-state index contributed by atoms with van der Waals surface area (Å²) in [6.07, 6.45) is 6.46. The van der Waals surface area contributed by atoms with Gasteiger partial charge in [0.1, 0.15) is 12.1 Å². The summed E-state index contributed by atoms with van der Waals surface area (Å²) in [4.78, 5) is 38.7. The Kier molecular flexibility index (Phi) is 7.03. The van der Waals surface area contributed by atoms with Gasteiger partial charge >= 0.3 is 0 Å². The monoisotopic (exact) mass is 668 g/mol. The molecule has 9 rings (SSSR count). The predicted octanol–water partition coefficient (Wildman–Crippen LogP) is 9.12. The van der Waals surface area contributed by atoms with E-state index in [1.807, 2.05) is 89.5 Å². The van der Waals surface area contributed by atoms with Crippen molar-refractivity contribution < 1.29 is 9.59 Å². The number of para-hydroxylation sites is 2. The van der Waals surface area contributed by atoms with Crippen molar-refractivity contribution in [1.29, 1.82) is 10.5 Å². The molecule has 0 N–H and O–H groups in total. The Hall–Kier alpha value is -7.68. The van der Waals surface area contributed by atoms with Crippen LogP contribution in [0.25, 0.3) is 60.9 Å². The lowest BCUT2D eigenvalue weighted by atomic mass is 10.0. The summed E-state index contributed by atoms with van der Waals surface area (Å²) in [5.41, 5.74) is 8.93. The number of aromatic nitrogens is 3. The number of hydrogen-bond donors (Lipinski definition) is 0. The van der Waals surface area contributed by atoms with Gasteiger partial charge < -0.3 is 4.57 Å². The normalized spacial score (nSPS) is 12.2. The largest absolute Gasteiger partial charge is 0.307 e. The first-order valence-electron chi connectivity index (χ1n) is 16.5. The molecule has 0 atom stereocenters. The van der Waals surface area contributed by atoms with Crippen molar-refractivity contribution in [3.63, 3.8) is 0 Å². The quantitative estimate of drug-likeness (QED) is 0.169. The van der Waals surface area contributed by atoms with Crippen molar-refractivity contribution >= 4 is 39.3 Å². The van der Waals surface area contributed by atoms with Crippen LogP contribution in [-0.4, -0.2) is 26.3 Å². The number of imide groups is 1. The Morgan fingerprint density at radius 1 is 0.500 bits per heavy atom. The lowest BCUT2D eigenvalue weighted by molar-refractivity contribution is 0.0926. The van der Waals surface area contributed by atoms with E-state index in [4.69, 9.17) is 0 Å². The lowest BCUT2D eigenvalue weighted by Crippen LogP contribution is -2.29. The first kappa shape index (κ1) is 30.4. The van der Waals surface area contributed by atoms with Gasteiger partial charge in [-0.1, -0.05) is 84.9 Å². The molecule has 0 spiro atoms. The number of anilines is 1. The van der Waals surface area contributed by atoms with Crippen LogP contribution in [0.4, 0.5) is 5.69 Å². The molecule has 8 nitrogen and oxygen atoms in total.